The van der Waals surface area contributed by atoms with Crippen molar-refractivity contribution in [3.05, 3.63) is 0 Å². The quantitative estimate of drug-likeness (QED) is 0.585. The van der Waals surface area contributed by atoms with Gasteiger partial charge in [-0.25, -0.2) is 0 Å². The van der Waals surface area contributed by atoms with Gasteiger partial charge in [0, 0.05) is 0 Å². The van der Waals surface area contributed by atoms with Crippen LogP contribution in [0.25, 0.3) is 0 Å². The van der Waals surface area contributed by atoms with Gasteiger partial charge in [-0.3, -0.25) is 9.59 Å². The Balaban J connectivity index is 2.61. The minimum absolute atomic E-state index is 0.252. The Hall–Kier alpha value is -1.14. The van der Waals surface area contributed by atoms with Gasteiger partial charge in [0.2, 0.25) is 0 Å². The van der Waals surface area contributed by atoms with Gasteiger partial charge in [0.1, 0.15) is 5.41 Å². The third-order valence-corrected chi connectivity index (χ3v) is 6.49. The van der Waals surface area contributed by atoms with Crippen LogP contribution in [0.4, 0.5) is 0 Å². The van der Waals surface area contributed by atoms with Crippen LogP contribution in [0.5, 0.6) is 0 Å². The summed E-state index contributed by atoms with van der Waals surface area (Å²) in [7, 11) is 0. The molecular formula is C18H32N2O4. The first-order valence-electron chi connectivity index (χ1n) is 9.35. The Morgan fingerprint density at radius 2 is 1.04 bits per heavy atom. The first-order valence-corrected chi connectivity index (χ1v) is 9.35. The van der Waals surface area contributed by atoms with Gasteiger partial charge < -0.3 is 21.7 Å². The topological polar surface area (TPSA) is 127 Å². The molecule has 0 amide bonds. The zero-order chi connectivity index (χ0) is 17.8. The molecule has 24 heavy (non-hydrogen) atoms. The minimum Gasteiger partial charge on any atom is -0.481 e. The summed E-state index contributed by atoms with van der Waals surface area (Å²) in [5, 5.41) is 20.4. The van der Waals surface area contributed by atoms with Gasteiger partial charge in [0.05, 0.1) is 11.1 Å². The number of nitrogens with two attached hydrogens (primary N) is 2. The standard InChI is InChI=1S/C18H32N2O4/c19-18(20)13-9-5-4-8-12-17(18,15(23)24)16(14(21)22)10-6-2-1-3-7-11-16/h1-13,19-20H2,(H,21,22)(H,23,24). The highest BCUT2D eigenvalue weighted by atomic mass is 16.4. The van der Waals surface area contributed by atoms with Gasteiger partial charge in [-0.15, -0.1) is 0 Å². The second-order valence-corrected chi connectivity index (χ2v) is 7.82. The van der Waals surface area contributed by atoms with Crippen LogP contribution >= 0.6 is 0 Å². The lowest BCUT2D eigenvalue weighted by atomic mass is 9.50. The van der Waals surface area contributed by atoms with E-state index >= 15 is 0 Å². The lowest BCUT2D eigenvalue weighted by Gasteiger charge is -2.54. The van der Waals surface area contributed by atoms with Crippen molar-refractivity contribution in [1.29, 1.82) is 0 Å². The summed E-state index contributed by atoms with van der Waals surface area (Å²) in [6.07, 6.45) is 8.98. The van der Waals surface area contributed by atoms with Crippen molar-refractivity contribution in [2.75, 3.05) is 0 Å². The molecule has 2 saturated carbocycles. The number of hydrogen-bond acceptors (Lipinski definition) is 4. The molecule has 1 atom stereocenters. The van der Waals surface area contributed by atoms with E-state index in [0.717, 1.165) is 51.4 Å². The molecule has 2 aliphatic rings. The molecule has 0 aromatic heterocycles. The molecule has 0 aromatic carbocycles. The van der Waals surface area contributed by atoms with E-state index in [1.807, 2.05) is 0 Å². The summed E-state index contributed by atoms with van der Waals surface area (Å²) < 4.78 is 0. The first kappa shape index (κ1) is 19.2. The van der Waals surface area contributed by atoms with Gasteiger partial charge in [-0.1, -0.05) is 57.8 Å². The van der Waals surface area contributed by atoms with E-state index in [4.69, 9.17) is 11.5 Å². The maximum Gasteiger partial charge on any atom is 0.314 e. The van der Waals surface area contributed by atoms with Crippen LogP contribution in [0.15, 0.2) is 0 Å². The summed E-state index contributed by atoms with van der Waals surface area (Å²) in [5.74, 6) is -2.16. The molecule has 2 rings (SSSR count). The number of aliphatic carboxylic acids is 2. The molecule has 138 valence electrons. The first-order chi connectivity index (χ1) is 11.3. The van der Waals surface area contributed by atoms with Crippen LogP contribution in [0.3, 0.4) is 0 Å². The molecule has 0 heterocycles. The maximum absolute atomic E-state index is 12.5. The van der Waals surface area contributed by atoms with Crippen LogP contribution in [-0.2, 0) is 9.59 Å². The van der Waals surface area contributed by atoms with E-state index in [1.165, 1.54) is 0 Å². The molecule has 0 spiro atoms. The van der Waals surface area contributed by atoms with Crippen LogP contribution in [0.2, 0.25) is 0 Å². The normalized spacial score (nSPS) is 31.1. The SMILES string of the molecule is NC1(N)CCCCCCC1(C(=O)O)C1(C(=O)O)CCCCCCC1. The minimum atomic E-state index is -1.61. The molecule has 0 aromatic rings. The highest BCUT2D eigenvalue weighted by Gasteiger charge is 2.67. The lowest BCUT2D eigenvalue weighted by molar-refractivity contribution is -0.188. The Bertz CT molecular complexity index is 470. The predicted octanol–water partition coefficient (Wildman–Crippen LogP) is 2.84. The average molecular weight is 340 g/mol. The van der Waals surface area contributed by atoms with E-state index in [2.05, 4.69) is 0 Å². The third kappa shape index (κ3) is 3.06. The van der Waals surface area contributed by atoms with Crippen molar-refractivity contribution < 1.29 is 19.8 Å². The maximum atomic E-state index is 12.5. The van der Waals surface area contributed by atoms with Gasteiger partial charge in [-0.05, 0) is 25.7 Å². The molecular weight excluding hydrogens is 308 g/mol. The highest BCUT2D eigenvalue weighted by Crippen LogP contribution is 2.57. The van der Waals surface area contributed by atoms with Crippen molar-refractivity contribution in [2.24, 2.45) is 22.3 Å². The Kier molecular flexibility index (Phi) is 5.91. The molecule has 6 nitrogen and oxygen atoms in total. The van der Waals surface area contributed by atoms with Gasteiger partial charge in [0.25, 0.3) is 0 Å². The molecule has 2 aliphatic carbocycles. The molecule has 0 aliphatic heterocycles. The molecule has 0 bridgehead atoms. The molecule has 2 fully saturated rings. The largest absolute Gasteiger partial charge is 0.481 e. The van der Waals surface area contributed by atoms with E-state index in [1.54, 1.807) is 0 Å². The summed E-state index contributed by atoms with van der Waals surface area (Å²) in [6, 6.07) is 0. The summed E-state index contributed by atoms with van der Waals surface area (Å²) >= 11 is 0. The second-order valence-electron chi connectivity index (χ2n) is 7.82. The summed E-state index contributed by atoms with van der Waals surface area (Å²) in [5.41, 5.74) is 8.32. The number of carbonyl (C=O) groups is 2. The van der Waals surface area contributed by atoms with Gasteiger partial charge >= 0.3 is 11.9 Å². The van der Waals surface area contributed by atoms with Crippen LogP contribution in [0, 0.1) is 10.8 Å². The molecule has 6 heteroatoms. The van der Waals surface area contributed by atoms with E-state index in [-0.39, 0.29) is 6.42 Å². The van der Waals surface area contributed by atoms with Gasteiger partial charge in [-0.2, -0.15) is 0 Å². The van der Waals surface area contributed by atoms with Crippen molar-refractivity contribution in [1.82, 2.24) is 0 Å². The number of hydrogen-bond donors (Lipinski definition) is 4. The zero-order valence-corrected chi connectivity index (χ0v) is 14.6. The second kappa shape index (κ2) is 7.40. The summed E-state index contributed by atoms with van der Waals surface area (Å²) in [6.45, 7) is 0. The fourth-order valence-electron chi connectivity index (χ4n) is 5.13. The van der Waals surface area contributed by atoms with Crippen molar-refractivity contribution in [2.45, 2.75) is 89.1 Å². The van der Waals surface area contributed by atoms with E-state index in [0.29, 0.717) is 25.7 Å². The lowest BCUT2D eigenvalue weighted by Crippen LogP contribution is -2.73. The van der Waals surface area contributed by atoms with Crippen LogP contribution in [0.1, 0.15) is 83.5 Å². The van der Waals surface area contributed by atoms with Gasteiger partial charge in [0.15, 0.2) is 0 Å². The fourth-order valence-corrected chi connectivity index (χ4v) is 5.13. The Labute approximate surface area is 144 Å². The number of carboxylic acid groups (broad SMARTS) is 2. The molecule has 6 N–H and O–H groups in total. The highest BCUT2D eigenvalue weighted by molar-refractivity contribution is 5.88. The van der Waals surface area contributed by atoms with Crippen LogP contribution < -0.4 is 11.5 Å². The molecule has 0 radical (unpaired) electrons. The third-order valence-electron chi connectivity index (χ3n) is 6.49. The van der Waals surface area contributed by atoms with E-state index in [9.17, 15) is 19.8 Å². The molecule has 0 saturated heterocycles. The monoisotopic (exact) mass is 340 g/mol. The van der Waals surface area contributed by atoms with Crippen molar-refractivity contribution >= 4 is 11.9 Å². The predicted molar refractivity (Wildman–Crippen MR) is 91.3 cm³/mol. The number of carboxylic acids is 2. The van der Waals surface area contributed by atoms with E-state index < -0.39 is 28.4 Å². The smallest absolute Gasteiger partial charge is 0.314 e. The van der Waals surface area contributed by atoms with Crippen LogP contribution in [-0.4, -0.2) is 27.8 Å². The summed E-state index contributed by atoms with van der Waals surface area (Å²) in [4.78, 5) is 25.0. The average Bonchev–Trinajstić information content (AvgIpc) is 2.45. The fraction of sp³-hybridized carbons (Fsp3) is 0.889. The number of rotatable bonds is 3. The molecule has 1 unspecified atom stereocenters. The zero-order valence-electron chi connectivity index (χ0n) is 14.6. The Morgan fingerprint density at radius 1 is 0.625 bits per heavy atom. The van der Waals surface area contributed by atoms with Crippen molar-refractivity contribution in [3.63, 3.8) is 0 Å². The van der Waals surface area contributed by atoms with Crippen molar-refractivity contribution in [3.8, 4) is 0 Å². The Morgan fingerprint density at radius 3 is 1.50 bits per heavy atom.